The van der Waals surface area contributed by atoms with E-state index in [4.69, 9.17) is 20.6 Å². The van der Waals surface area contributed by atoms with Gasteiger partial charge in [-0.3, -0.25) is 9.59 Å². The number of carbonyl (C=O) groups excluding carboxylic acids is 2. The largest absolute Gasteiger partial charge is 0.481 e. The Labute approximate surface area is 174 Å². The zero-order valence-corrected chi connectivity index (χ0v) is 16.7. The molecule has 1 N–H and O–H groups in total. The number of cyclic esters (lactones) is 2. The molecule has 1 fully saturated rings. The molecule has 0 spiro atoms. The molecule has 6 nitrogen and oxygen atoms in total. The van der Waals surface area contributed by atoms with Gasteiger partial charge in [-0.25, -0.2) is 0 Å². The van der Waals surface area contributed by atoms with E-state index in [1.807, 2.05) is 42.6 Å². The molecule has 3 aromatic rings. The lowest BCUT2D eigenvalue weighted by Crippen LogP contribution is -2.48. The third-order valence-corrected chi connectivity index (χ3v) is 5.05. The molecule has 1 aliphatic rings. The molecule has 1 atom stereocenters. The topological polar surface area (TPSA) is 77.6 Å². The van der Waals surface area contributed by atoms with Crippen molar-refractivity contribution >= 4 is 22.8 Å². The quantitative estimate of drug-likeness (QED) is 0.399. The van der Waals surface area contributed by atoms with Crippen molar-refractivity contribution in [2.45, 2.75) is 25.6 Å². The van der Waals surface area contributed by atoms with Gasteiger partial charge in [-0.05, 0) is 29.3 Å². The molecule has 152 valence electrons. The molecule has 0 saturated carbocycles. The maximum Gasteiger partial charge on any atom is 0.324 e. The monoisotopic (exact) mass is 403 g/mol. The Kier molecular flexibility index (Phi) is 4.96. The first-order valence-electron chi connectivity index (χ1n) is 9.57. The second-order valence-corrected chi connectivity index (χ2v) is 7.55. The highest BCUT2D eigenvalue weighted by Crippen LogP contribution is 2.41. The van der Waals surface area contributed by atoms with Crippen LogP contribution in [0, 0.1) is 18.3 Å². The van der Waals surface area contributed by atoms with Crippen LogP contribution in [0.3, 0.4) is 0 Å². The molecule has 0 aliphatic carbocycles. The number of nitrogens with one attached hydrogen (secondary N) is 1. The molecule has 0 radical (unpaired) electrons. The Morgan fingerprint density at radius 3 is 2.43 bits per heavy atom. The van der Waals surface area contributed by atoms with Crippen molar-refractivity contribution in [1.82, 2.24) is 4.98 Å². The minimum atomic E-state index is -1.29. The van der Waals surface area contributed by atoms with Crippen molar-refractivity contribution in [2.75, 3.05) is 6.61 Å². The van der Waals surface area contributed by atoms with Crippen LogP contribution < -0.4 is 4.74 Å². The summed E-state index contributed by atoms with van der Waals surface area (Å²) in [6.45, 7) is 3.23. The average molecular weight is 403 g/mol. The zero-order chi connectivity index (χ0) is 21.3. The fraction of sp³-hybridized carbons (Fsp3) is 0.250. The molecule has 4 rings (SSSR count). The Morgan fingerprint density at radius 1 is 1.10 bits per heavy atom. The standard InChI is InChI=1S/C24H21NO5/c1-4-13-28-16-11-9-15(10-12-16)20(18-14-25-19-8-6-5-7-17(18)19)21-22(26)29-24(2,3)30-23(21)27/h1,5-12,14,20-21,25H,13H2,2-3H3/t20-/m1/s1. The van der Waals surface area contributed by atoms with E-state index in [1.54, 1.807) is 12.1 Å². The summed E-state index contributed by atoms with van der Waals surface area (Å²) in [5, 5.41) is 0.917. The number of aromatic nitrogens is 1. The molecular weight excluding hydrogens is 382 g/mol. The number of aromatic amines is 1. The van der Waals surface area contributed by atoms with Gasteiger partial charge in [0.05, 0.1) is 0 Å². The molecule has 0 unspecified atom stereocenters. The van der Waals surface area contributed by atoms with Gasteiger partial charge in [0.15, 0.2) is 5.92 Å². The van der Waals surface area contributed by atoms with Gasteiger partial charge in [-0.15, -0.1) is 6.42 Å². The minimum Gasteiger partial charge on any atom is -0.481 e. The van der Waals surface area contributed by atoms with Crippen LogP contribution in [0.2, 0.25) is 0 Å². The number of benzene rings is 2. The van der Waals surface area contributed by atoms with Gasteiger partial charge in [-0.2, -0.15) is 0 Å². The van der Waals surface area contributed by atoms with Crippen molar-refractivity contribution in [1.29, 1.82) is 0 Å². The lowest BCUT2D eigenvalue weighted by atomic mass is 9.80. The summed E-state index contributed by atoms with van der Waals surface area (Å²) in [7, 11) is 0. The summed E-state index contributed by atoms with van der Waals surface area (Å²) in [5.41, 5.74) is 2.47. The van der Waals surface area contributed by atoms with E-state index in [1.165, 1.54) is 13.8 Å². The number of esters is 2. The third kappa shape index (κ3) is 3.62. The molecule has 2 aromatic carbocycles. The number of H-pyrrole nitrogens is 1. The number of hydrogen-bond donors (Lipinski definition) is 1. The van der Waals surface area contributed by atoms with E-state index in [2.05, 4.69) is 10.9 Å². The van der Waals surface area contributed by atoms with E-state index >= 15 is 0 Å². The predicted octanol–water partition coefficient (Wildman–Crippen LogP) is 3.76. The first-order valence-corrected chi connectivity index (χ1v) is 9.57. The number of rotatable bonds is 5. The highest BCUT2D eigenvalue weighted by Gasteiger charge is 2.48. The Morgan fingerprint density at radius 2 is 1.77 bits per heavy atom. The highest BCUT2D eigenvalue weighted by molar-refractivity contribution is 5.99. The number of hydrogen-bond acceptors (Lipinski definition) is 5. The first-order chi connectivity index (χ1) is 14.4. The van der Waals surface area contributed by atoms with E-state index < -0.39 is 29.6 Å². The summed E-state index contributed by atoms with van der Waals surface area (Å²) in [6.07, 6.45) is 7.06. The summed E-state index contributed by atoms with van der Waals surface area (Å²) >= 11 is 0. The van der Waals surface area contributed by atoms with Crippen molar-refractivity contribution < 1.29 is 23.8 Å². The van der Waals surface area contributed by atoms with Gasteiger partial charge < -0.3 is 19.2 Å². The normalized spacial score (nSPS) is 17.1. The van der Waals surface area contributed by atoms with Crippen LogP contribution in [0.5, 0.6) is 5.75 Å². The molecule has 0 amide bonds. The molecule has 2 heterocycles. The van der Waals surface area contributed by atoms with Crippen LogP contribution in [0.1, 0.15) is 30.9 Å². The van der Waals surface area contributed by atoms with Crippen LogP contribution in [0.4, 0.5) is 0 Å². The fourth-order valence-corrected chi connectivity index (χ4v) is 3.80. The number of fused-ring (bicyclic) bond motifs is 1. The van der Waals surface area contributed by atoms with Crippen LogP contribution >= 0.6 is 0 Å². The van der Waals surface area contributed by atoms with Crippen molar-refractivity contribution in [2.24, 2.45) is 5.92 Å². The van der Waals surface area contributed by atoms with Crippen molar-refractivity contribution in [3.8, 4) is 18.1 Å². The predicted molar refractivity (Wildman–Crippen MR) is 111 cm³/mol. The minimum absolute atomic E-state index is 0.154. The van der Waals surface area contributed by atoms with Crippen LogP contribution in [-0.2, 0) is 19.1 Å². The second kappa shape index (κ2) is 7.60. The molecule has 30 heavy (non-hydrogen) atoms. The maximum atomic E-state index is 12.9. The van der Waals surface area contributed by atoms with Crippen LogP contribution in [0.15, 0.2) is 54.7 Å². The van der Waals surface area contributed by atoms with Crippen molar-refractivity contribution in [3.05, 3.63) is 65.9 Å². The highest BCUT2D eigenvalue weighted by atomic mass is 16.7. The van der Waals surface area contributed by atoms with Gasteiger partial charge >= 0.3 is 11.9 Å². The maximum absolute atomic E-state index is 12.9. The second-order valence-electron chi connectivity index (χ2n) is 7.55. The molecule has 6 heteroatoms. The van der Waals surface area contributed by atoms with Gasteiger partial charge in [0.2, 0.25) is 0 Å². The number of terminal acetylenes is 1. The smallest absolute Gasteiger partial charge is 0.324 e. The van der Waals surface area contributed by atoms with Gasteiger partial charge in [0.1, 0.15) is 12.4 Å². The number of carbonyl (C=O) groups is 2. The lowest BCUT2D eigenvalue weighted by molar-refractivity contribution is -0.240. The number of ether oxygens (including phenoxy) is 3. The first kappa shape index (κ1) is 19.6. The summed E-state index contributed by atoms with van der Waals surface area (Å²) in [5.74, 6) is -1.22. The Balaban J connectivity index is 1.81. The summed E-state index contributed by atoms with van der Waals surface area (Å²) < 4.78 is 16.3. The van der Waals surface area contributed by atoms with Crippen LogP contribution in [-0.4, -0.2) is 29.3 Å². The zero-order valence-electron chi connectivity index (χ0n) is 16.7. The average Bonchev–Trinajstić information content (AvgIpc) is 3.13. The van der Waals surface area contributed by atoms with E-state index in [-0.39, 0.29) is 6.61 Å². The summed E-state index contributed by atoms with van der Waals surface area (Å²) in [6, 6.07) is 14.9. The SMILES string of the molecule is C#CCOc1ccc([C@H](c2c[nH]c3ccccc23)C2C(=O)OC(C)(C)OC2=O)cc1. The molecule has 1 aliphatic heterocycles. The lowest BCUT2D eigenvalue weighted by Gasteiger charge is -2.36. The molecule has 1 aromatic heterocycles. The number of para-hydroxylation sites is 1. The molecular formula is C24H21NO5. The Hall–Kier alpha value is -3.72. The van der Waals surface area contributed by atoms with Gasteiger partial charge in [0, 0.05) is 36.9 Å². The van der Waals surface area contributed by atoms with Gasteiger partial charge in [0.25, 0.3) is 5.79 Å². The van der Waals surface area contributed by atoms with E-state index in [9.17, 15) is 9.59 Å². The van der Waals surface area contributed by atoms with Crippen LogP contribution in [0.25, 0.3) is 10.9 Å². The van der Waals surface area contributed by atoms with E-state index in [0.717, 1.165) is 22.0 Å². The molecule has 1 saturated heterocycles. The third-order valence-electron chi connectivity index (χ3n) is 5.05. The van der Waals surface area contributed by atoms with E-state index in [0.29, 0.717) is 5.75 Å². The Bertz CT molecular complexity index is 1120. The van der Waals surface area contributed by atoms with Crippen molar-refractivity contribution in [3.63, 3.8) is 0 Å². The summed E-state index contributed by atoms with van der Waals surface area (Å²) in [4.78, 5) is 29.0. The van der Waals surface area contributed by atoms with Gasteiger partial charge in [-0.1, -0.05) is 36.3 Å². The molecule has 0 bridgehead atoms. The fourth-order valence-electron chi connectivity index (χ4n) is 3.80.